The van der Waals surface area contributed by atoms with E-state index in [-0.39, 0.29) is 16.4 Å². The van der Waals surface area contributed by atoms with Crippen LogP contribution in [0.5, 0.6) is 0 Å². The zero-order chi connectivity index (χ0) is 25.2. The van der Waals surface area contributed by atoms with Crippen LogP contribution in [0.3, 0.4) is 0 Å². The number of carbonyl (C=O) groups excluding carboxylic acids is 1. The van der Waals surface area contributed by atoms with Crippen molar-refractivity contribution in [2.45, 2.75) is 19.8 Å². The first-order chi connectivity index (χ1) is 17.4. The first-order valence-corrected chi connectivity index (χ1v) is 11.9. The third kappa shape index (κ3) is 4.89. The van der Waals surface area contributed by atoms with Crippen molar-refractivity contribution in [3.63, 3.8) is 0 Å². The van der Waals surface area contributed by atoms with Gasteiger partial charge < -0.3 is 14.6 Å². The Morgan fingerprint density at radius 1 is 1.08 bits per heavy atom. The van der Waals surface area contributed by atoms with E-state index in [1.165, 1.54) is 6.07 Å². The average molecular weight is 502 g/mol. The number of aromatic nitrogens is 1. The Hall–Kier alpha value is -4.31. The molecule has 1 aliphatic heterocycles. The second-order valence-electron chi connectivity index (χ2n) is 8.63. The van der Waals surface area contributed by atoms with E-state index >= 15 is 0 Å². The lowest BCUT2D eigenvalue weighted by Gasteiger charge is -2.18. The molecule has 182 valence electrons. The molecule has 0 saturated carbocycles. The van der Waals surface area contributed by atoms with E-state index in [1.54, 1.807) is 24.3 Å². The van der Waals surface area contributed by atoms with E-state index in [1.807, 2.05) is 42.2 Å². The molecule has 0 aliphatic carbocycles. The van der Waals surface area contributed by atoms with Gasteiger partial charge in [0, 0.05) is 36.0 Å². The predicted octanol–water partition coefficient (Wildman–Crippen LogP) is 5.44. The quantitative estimate of drug-likeness (QED) is 0.211. The van der Waals surface area contributed by atoms with Crippen molar-refractivity contribution in [1.29, 1.82) is 0 Å². The summed E-state index contributed by atoms with van der Waals surface area (Å²) in [6, 6.07) is 17.6. The Balaban J connectivity index is 1.25. The minimum atomic E-state index is -0.526. The van der Waals surface area contributed by atoms with Gasteiger partial charge in [-0.25, -0.2) is 4.98 Å². The Morgan fingerprint density at radius 3 is 2.56 bits per heavy atom. The maximum atomic E-state index is 12.7. The molecule has 0 radical (unpaired) electrons. The van der Waals surface area contributed by atoms with E-state index in [4.69, 9.17) is 16.6 Å². The molecule has 9 nitrogen and oxygen atoms in total. The molecule has 0 atom stereocenters. The number of amides is 1. The van der Waals surface area contributed by atoms with Crippen molar-refractivity contribution < 1.29 is 14.1 Å². The number of hydrogen-bond donors (Lipinski definition) is 2. The lowest BCUT2D eigenvalue weighted by atomic mass is 10.1. The zero-order valence-electron chi connectivity index (χ0n) is 19.5. The van der Waals surface area contributed by atoms with Crippen LogP contribution in [0.2, 0.25) is 0 Å². The predicted molar refractivity (Wildman–Crippen MR) is 142 cm³/mol. The number of nitro benzene ring substituents is 1. The normalized spacial score (nSPS) is 13.1. The van der Waals surface area contributed by atoms with E-state index in [2.05, 4.69) is 15.6 Å². The Labute approximate surface area is 212 Å². The van der Waals surface area contributed by atoms with Gasteiger partial charge in [0.2, 0.25) is 5.89 Å². The maximum Gasteiger partial charge on any atom is 0.293 e. The molecule has 0 bridgehead atoms. The van der Waals surface area contributed by atoms with E-state index < -0.39 is 10.8 Å². The highest BCUT2D eigenvalue weighted by atomic mass is 32.1. The Morgan fingerprint density at radius 2 is 1.83 bits per heavy atom. The van der Waals surface area contributed by atoms with E-state index in [0.29, 0.717) is 17.3 Å². The lowest BCUT2D eigenvalue weighted by Crippen LogP contribution is -2.34. The molecule has 1 aromatic heterocycles. The number of thiocarbonyl (C=S) groups is 1. The van der Waals surface area contributed by atoms with Crippen LogP contribution < -0.4 is 15.5 Å². The molecular weight excluding hydrogens is 478 g/mol. The molecule has 0 unspecified atom stereocenters. The van der Waals surface area contributed by atoms with Gasteiger partial charge in [0.15, 0.2) is 10.7 Å². The highest BCUT2D eigenvalue weighted by Gasteiger charge is 2.24. The van der Waals surface area contributed by atoms with Crippen LogP contribution in [-0.4, -0.2) is 34.0 Å². The fourth-order valence-electron chi connectivity index (χ4n) is 4.23. The topological polar surface area (TPSA) is 114 Å². The maximum absolute atomic E-state index is 12.7. The van der Waals surface area contributed by atoms with Crippen LogP contribution in [-0.2, 0) is 0 Å². The van der Waals surface area contributed by atoms with Crippen LogP contribution in [0.25, 0.3) is 22.6 Å². The molecule has 2 N–H and O–H groups in total. The van der Waals surface area contributed by atoms with E-state index in [9.17, 15) is 14.9 Å². The molecule has 4 aromatic rings. The van der Waals surface area contributed by atoms with Gasteiger partial charge in [-0.3, -0.25) is 20.2 Å². The zero-order valence-corrected chi connectivity index (χ0v) is 20.3. The van der Waals surface area contributed by atoms with Gasteiger partial charge in [-0.05, 0) is 86.1 Å². The number of hydrogen-bond acceptors (Lipinski definition) is 7. The number of oxazole rings is 1. The average Bonchev–Trinajstić information content (AvgIpc) is 3.54. The monoisotopic (exact) mass is 501 g/mol. The van der Waals surface area contributed by atoms with Crippen molar-refractivity contribution in [3.05, 3.63) is 81.9 Å². The summed E-state index contributed by atoms with van der Waals surface area (Å²) in [4.78, 5) is 30.4. The molecule has 36 heavy (non-hydrogen) atoms. The number of carbonyl (C=O) groups is 1. The van der Waals surface area contributed by atoms with Crippen LogP contribution >= 0.6 is 12.2 Å². The van der Waals surface area contributed by atoms with Crippen molar-refractivity contribution in [3.8, 4) is 11.5 Å². The van der Waals surface area contributed by atoms with Crippen molar-refractivity contribution >= 4 is 51.4 Å². The van der Waals surface area contributed by atoms with Gasteiger partial charge in [0.05, 0.1) is 4.92 Å². The summed E-state index contributed by atoms with van der Waals surface area (Å²) in [6.45, 7) is 3.54. The number of aryl methyl sites for hydroxylation is 1. The van der Waals surface area contributed by atoms with Crippen molar-refractivity contribution in [2.75, 3.05) is 23.3 Å². The van der Waals surface area contributed by atoms with Gasteiger partial charge in [0.1, 0.15) is 11.2 Å². The molecule has 1 saturated heterocycles. The molecule has 1 fully saturated rings. The molecule has 10 heteroatoms. The van der Waals surface area contributed by atoms with Crippen molar-refractivity contribution in [1.82, 2.24) is 10.3 Å². The molecular formula is C26H23N5O4S. The summed E-state index contributed by atoms with van der Waals surface area (Å²) >= 11 is 5.28. The minimum absolute atomic E-state index is 0.0800. The second kappa shape index (κ2) is 9.74. The minimum Gasteiger partial charge on any atom is -0.436 e. The summed E-state index contributed by atoms with van der Waals surface area (Å²) in [5, 5.41) is 17.2. The number of fused-ring (bicyclic) bond motifs is 1. The highest BCUT2D eigenvalue weighted by molar-refractivity contribution is 7.80. The van der Waals surface area contributed by atoms with Gasteiger partial charge in [-0.1, -0.05) is 6.07 Å². The smallest absolute Gasteiger partial charge is 0.293 e. The van der Waals surface area contributed by atoms with Gasteiger partial charge >= 0.3 is 0 Å². The van der Waals surface area contributed by atoms with Gasteiger partial charge in [0.25, 0.3) is 11.6 Å². The number of nitrogens with one attached hydrogen (secondary N) is 2. The third-order valence-electron chi connectivity index (χ3n) is 6.04. The van der Waals surface area contributed by atoms with Gasteiger partial charge in [-0.15, -0.1) is 0 Å². The molecule has 3 aromatic carbocycles. The van der Waals surface area contributed by atoms with Crippen LogP contribution in [0, 0.1) is 17.0 Å². The van der Waals surface area contributed by atoms with Crippen LogP contribution in [0.1, 0.15) is 28.8 Å². The number of nitro groups is 1. The lowest BCUT2D eigenvalue weighted by molar-refractivity contribution is -0.384. The second-order valence-corrected chi connectivity index (χ2v) is 9.04. The fourth-order valence-corrected chi connectivity index (χ4v) is 4.44. The largest absolute Gasteiger partial charge is 0.436 e. The summed E-state index contributed by atoms with van der Waals surface area (Å²) in [6.07, 6.45) is 1.99. The molecule has 5 rings (SSSR count). The number of nitrogens with zero attached hydrogens (tertiary/aromatic N) is 3. The van der Waals surface area contributed by atoms with Crippen LogP contribution in [0.15, 0.2) is 65.1 Å². The standard InChI is InChI=1S/C26H23N5O4S/c1-16-4-11-23-20(14-16)28-25(35-23)17-5-8-19(9-6-17)27-26(36)29-24(32)18-7-10-21(22(15-18)31(33)34)30-12-2-3-13-30/h4-11,14-15H,2-3,12-13H2,1H3,(H2,27,29,32,36). The molecule has 2 heterocycles. The third-order valence-corrected chi connectivity index (χ3v) is 6.25. The summed E-state index contributed by atoms with van der Waals surface area (Å²) in [7, 11) is 0. The number of anilines is 2. The molecule has 1 aliphatic rings. The SMILES string of the molecule is Cc1ccc2oc(-c3ccc(NC(=S)NC(=O)c4ccc(N5CCCC5)c([N+](=O)[O-])c4)cc3)nc2c1. The first-order valence-electron chi connectivity index (χ1n) is 11.5. The molecule has 1 amide bonds. The first kappa shape index (κ1) is 23.4. The summed E-state index contributed by atoms with van der Waals surface area (Å²) in [5.74, 6) is -0.0148. The molecule has 0 spiro atoms. The fraction of sp³-hybridized carbons (Fsp3) is 0.192. The number of benzene rings is 3. The Kier molecular flexibility index (Phi) is 6.34. The Bertz CT molecular complexity index is 1480. The summed E-state index contributed by atoms with van der Waals surface area (Å²) in [5.41, 5.74) is 4.68. The van der Waals surface area contributed by atoms with Crippen LogP contribution in [0.4, 0.5) is 17.1 Å². The van der Waals surface area contributed by atoms with Gasteiger partial charge in [-0.2, -0.15) is 0 Å². The van der Waals surface area contributed by atoms with E-state index in [0.717, 1.165) is 48.2 Å². The highest BCUT2D eigenvalue weighted by Crippen LogP contribution is 2.32. The summed E-state index contributed by atoms with van der Waals surface area (Å²) < 4.78 is 5.83. The number of rotatable bonds is 5. The van der Waals surface area contributed by atoms with Crippen molar-refractivity contribution in [2.24, 2.45) is 0 Å².